The number of aromatic hydroxyl groups is 2. The van der Waals surface area contributed by atoms with Gasteiger partial charge in [-0.25, -0.2) is 0 Å². The van der Waals surface area contributed by atoms with Crippen LogP contribution < -0.4 is 0 Å². The predicted molar refractivity (Wildman–Crippen MR) is 114 cm³/mol. The molecule has 29 heavy (non-hydrogen) atoms. The largest absolute Gasteiger partial charge is 0.507 e. The van der Waals surface area contributed by atoms with E-state index in [9.17, 15) is 23.2 Å². The summed E-state index contributed by atoms with van der Waals surface area (Å²) in [4.78, 5) is 0. The highest BCUT2D eigenvalue weighted by Gasteiger charge is 2.52. The minimum absolute atomic E-state index is 0.0137. The highest BCUT2D eigenvalue weighted by molar-refractivity contribution is 7.87. The minimum Gasteiger partial charge on any atom is -0.507 e. The maximum atomic E-state index is 12.9. The molecule has 0 saturated carbocycles. The van der Waals surface area contributed by atoms with Gasteiger partial charge >= 0.3 is 0 Å². The minimum atomic E-state index is -5.13. The Hall–Kier alpha value is -1.67. The Kier molecular flexibility index (Phi) is 5.98. The Labute approximate surface area is 186 Å². The first-order valence-electron chi connectivity index (χ1n) is 7.89. The zero-order valence-corrected chi connectivity index (χ0v) is 18.1. The van der Waals surface area contributed by atoms with E-state index in [1.165, 1.54) is 48.5 Å². The van der Waals surface area contributed by atoms with Gasteiger partial charge in [0.25, 0.3) is 10.1 Å². The fourth-order valence-corrected chi connectivity index (χ4v) is 5.16. The molecule has 0 saturated heterocycles. The van der Waals surface area contributed by atoms with Crippen molar-refractivity contribution in [3.63, 3.8) is 0 Å². The maximum Gasteiger partial charge on any atom is 0.283 e. The summed E-state index contributed by atoms with van der Waals surface area (Å²) in [5.41, 5.74) is -0.739. The number of phenolic OH excluding ortho intramolecular Hbond substituents is 2. The van der Waals surface area contributed by atoms with Crippen molar-refractivity contribution in [2.75, 3.05) is 0 Å². The van der Waals surface area contributed by atoms with Crippen LogP contribution in [0.3, 0.4) is 0 Å². The summed E-state index contributed by atoms with van der Waals surface area (Å²) in [6.07, 6.45) is 0. The average molecular weight is 494 g/mol. The molecule has 3 aromatic carbocycles. The number of halogens is 4. The molecule has 0 amide bonds. The molecule has 5 nitrogen and oxygen atoms in total. The Bertz CT molecular complexity index is 1210. The molecule has 1 atom stereocenters. The van der Waals surface area contributed by atoms with E-state index in [2.05, 4.69) is 0 Å². The van der Waals surface area contributed by atoms with E-state index in [0.717, 1.165) is 6.07 Å². The average Bonchev–Trinajstić information content (AvgIpc) is 2.63. The first-order chi connectivity index (χ1) is 13.5. The van der Waals surface area contributed by atoms with Gasteiger partial charge < -0.3 is 10.2 Å². The van der Waals surface area contributed by atoms with Crippen LogP contribution in [0.4, 0.5) is 0 Å². The van der Waals surface area contributed by atoms with Crippen LogP contribution in [0.25, 0.3) is 0 Å². The van der Waals surface area contributed by atoms with Crippen LogP contribution in [0, 0.1) is 0 Å². The molecule has 0 fully saturated rings. The van der Waals surface area contributed by atoms with Gasteiger partial charge in [0, 0.05) is 5.02 Å². The van der Waals surface area contributed by atoms with Gasteiger partial charge in [0.15, 0.2) is 4.75 Å². The summed E-state index contributed by atoms with van der Waals surface area (Å²) in [5.74, 6) is -1.37. The van der Waals surface area contributed by atoms with Gasteiger partial charge in [0.2, 0.25) is 0 Å². The van der Waals surface area contributed by atoms with Crippen molar-refractivity contribution in [2.45, 2.75) is 4.75 Å². The first kappa shape index (κ1) is 22.0. The molecule has 0 aliphatic carbocycles. The van der Waals surface area contributed by atoms with Crippen LogP contribution in [0.1, 0.15) is 16.7 Å². The summed E-state index contributed by atoms with van der Waals surface area (Å²) in [7, 11) is -5.13. The third kappa shape index (κ3) is 3.65. The van der Waals surface area contributed by atoms with Gasteiger partial charge in [0.05, 0.1) is 20.6 Å². The number of benzene rings is 3. The van der Waals surface area contributed by atoms with Gasteiger partial charge in [0.1, 0.15) is 11.5 Å². The van der Waals surface area contributed by atoms with Crippen LogP contribution >= 0.6 is 46.4 Å². The number of hydrogen-bond donors (Lipinski definition) is 3. The topological polar surface area (TPSA) is 94.8 Å². The Morgan fingerprint density at radius 2 is 1.38 bits per heavy atom. The fourth-order valence-electron chi connectivity index (χ4n) is 3.21. The fraction of sp³-hybridized carbons (Fsp3) is 0.0526. The van der Waals surface area contributed by atoms with Crippen molar-refractivity contribution in [1.82, 2.24) is 0 Å². The van der Waals surface area contributed by atoms with Crippen LogP contribution in [0.15, 0.2) is 54.6 Å². The van der Waals surface area contributed by atoms with E-state index in [4.69, 9.17) is 46.4 Å². The first-order valence-corrected chi connectivity index (χ1v) is 10.8. The molecule has 3 aromatic rings. The second-order valence-corrected chi connectivity index (χ2v) is 9.31. The summed E-state index contributed by atoms with van der Waals surface area (Å²) >= 11 is 24.1. The van der Waals surface area contributed by atoms with Crippen molar-refractivity contribution in [3.8, 4) is 11.5 Å². The zero-order valence-electron chi connectivity index (χ0n) is 14.3. The molecule has 0 spiro atoms. The van der Waals surface area contributed by atoms with Crippen LogP contribution in [-0.4, -0.2) is 23.2 Å². The molecule has 0 heterocycles. The molecule has 3 rings (SSSR count). The maximum absolute atomic E-state index is 12.9. The lowest BCUT2D eigenvalue weighted by Gasteiger charge is -2.33. The van der Waals surface area contributed by atoms with E-state index in [1.807, 2.05) is 0 Å². The van der Waals surface area contributed by atoms with E-state index in [1.54, 1.807) is 0 Å². The Morgan fingerprint density at radius 1 is 0.759 bits per heavy atom. The third-order valence-corrected chi connectivity index (χ3v) is 7.13. The highest BCUT2D eigenvalue weighted by atomic mass is 35.5. The van der Waals surface area contributed by atoms with E-state index < -0.39 is 31.9 Å². The second kappa shape index (κ2) is 7.87. The summed E-state index contributed by atoms with van der Waals surface area (Å²) in [6, 6.07) is 11.7. The van der Waals surface area contributed by atoms with E-state index in [0.29, 0.717) is 0 Å². The van der Waals surface area contributed by atoms with E-state index in [-0.39, 0.29) is 31.2 Å². The Balaban J connectivity index is 2.63. The number of hydrogen-bond acceptors (Lipinski definition) is 4. The molecule has 0 aliphatic heterocycles. The normalized spacial score (nSPS) is 13.8. The third-order valence-electron chi connectivity index (χ3n) is 4.40. The summed E-state index contributed by atoms with van der Waals surface area (Å²) < 4.78 is 33.8. The highest BCUT2D eigenvalue weighted by Crippen LogP contribution is 2.52. The lowest BCUT2D eigenvalue weighted by Crippen LogP contribution is -2.38. The van der Waals surface area contributed by atoms with Crippen molar-refractivity contribution in [1.29, 1.82) is 0 Å². The Morgan fingerprint density at radius 3 is 1.97 bits per heavy atom. The van der Waals surface area contributed by atoms with Crippen LogP contribution in [0.5, 0.6) is 11.5 Å². The number of rotatable bonds is 4. The summed E-state index contributed by atoms with van der Waals surface area (Å²) in [5, 5.41) is 21.2. The van der Waals surface area contributed by atoms with Crippen molar-refractivity contribution in [2.24, 2.45) is 0 Å². The molecule has 0 bridgehead atoms. The monoisotopic (exact) mass is 492 g/mol. The second-order valence-electron chi connectivity index (χ2n) is 6.09. The molecule has 0 radical (unpaired) electrons. The smallest absolute Gasteiger partial charge is 0.283 e. The molecular formula is C19H12Cl4O5S. The quantitative estimate of drug-likeness (QED) is 0.311. The van der Waals surface area contributed by atoms with Crippen molar-refractivity contribution in [3.05, 3.63) is 91.4 Å². The lowest BCUT2D eigenvalue weighted by atomic mass is 9.83. The summed E-state index contributed by atoms with van der Waals surface area (Å²) in [6.45, 7) is 0. The lowest BCUT2D eigenvalue weighted by molar-refractivity contribution is 0.416. The van der Waals surface area contributed by atoms with Gasteiger partial charge in [-0.15, -0.1) is 0 Å². The molecule has 0 aromatic heterocycles. The SMILES string of the molecule is O=S(=O)(O)C(c1cccc(Cl)c1)(c1ccc(Cl)c(Cl)c1)c1c(O)ccc(Cl)c1O. The van der Waals surface area contributed by atoms with Gasteiger partial charge in [-0.05, 0) is 47.5 Å². The van der Waals surface area contributed by atoms with Gasteiger partial charge in [-0.3, -0.25) is 4.55 Å². The predicted octanol–water partition coefficient (Wildman–Crippen LogP) is 5.89. The molecule has 3 N–H and O–H groups in total. The molecule has 10 heteroatoms. The van der Waals surface area contributed by atoms with Crippen LogP contribution in [-0.2, 0) is 14.9 Å². The molecule has 1 unspecified atom stereocenters. The van der Waals surface area contributed by atoms with Crippen molar-refractivity contribution >= 4 is 56.5 Å². The molecule has 152 valence electrons. The van der Waals surface area contributed by atoms with Crippen molar-refractivity contribution < 1.29 is 23.2 Å². The van der Waals surface area contributed by atoms with E-state index >= 15 is 0 Å². The van der Waals surface area contributed by atoms with Gasteiger partial charge in [-0.2, -0.15) is 8.42 Å². The van der Waals surface area contributed by atoms with Gasteiger partial charge in [-0.1, -0.05) is 64.6 Å². The zero-order chi connectivity index (χ0) is 21.6. The standard InChI is InChI=1S/C19H12Cl4O5S/c20-12-3-1-2-10(8-12)19(29(26,27)28,11-4-5-13(21)15(23)9-11)17-16(24)7-6-14(22)18(17)25/h1-9,24-25H,(H,26,27,28). The molecular weight excluding hydrogens is 482 g/mol. The molecule has 0 aliphatic rings. The van der Waals surface area contributed by atoms with Crippen LogP contribution in [0.2, 0.25) is 20.1 Å². The number of phenols is 2.